The van der Waals surface area contributed by atoms with Crippen LogP contribution in [0.4, 0.5) is 0 Å². The zero-order valence-corrected chi connectivity index (χ0v) is 11.3. The highest BCUT2D eigenvalue weighted by molar-refractivity contribution is 6.07. The summed E-state index contributed by atoms with van der Waals surface area (Å²) in [4.78, 5) is 12.9. The van der Waals surface area contributed by atoms with Crippen LogP contribution in [0.15, 0.2) is 45.6 Å². The van der Waals surface area contributed by atoms with E-state index in [1.54, 1.807) is 12.1 Å². The van der Waals surface area contributed by atoms with Gasteiger partial charge in [-0.15, -0.1) is 0 Å². The first-order chi connectivity index (χ1) is 10.8. The van der Waals surface area contributed by atoms with E-state index in [0.717, 1.165) is 10.8 Å². The Balaban J connectivity index is 2.05. The quantitative estimate of drug-likeness (QED) is 0.497. The van der Waals surface area contributed by atoms with E-state index in [1.807, 2.05) is 24.3 Å². The molecule has 0 bridgehead atoms. The van der Waals surface area contributed by atoms with E-state index in [9.17, 15) is 4.79 Å². The van der Waals surface area contributed by atoms with Crippen molar-refractivity contribution in [2.75, 3.05) is 6.79 Å². The molecule has 4 nitrogen and oxygen atoms in total. The zero-order chi connectivity index (χ0) is 14.7. The maximum absolute atomic E-state index is 12.9. The molecule has 1 aliphatic rings. The number of hydrogen-bond acceptors (Lipinski definition) is 4. The van der Waals surface area contributed by atoms with E-state index in [2.05, 4.69) is 12.1 Å². The highest BCUT2D eigenvalue weighted by Gasteiger charge is 2.21. The number of fused-ring (bicyclic) bond motifs is 6. The van der Waals surface area contributed by atoms with Gasteiger partial charge in [0.25, 0.3) is 0 Å². The Morgan fingerprint density at radius 2 is 1.86 bits per heavy atom. The molecule has 0 fully saturated rings. The monoisotopic (exact) mass is 288 g/mol. The summed E-state index contributed by atoms with van der Waals surface area (Å²) in [7, 11) is 0. The zero-order valence-electron chi connectivity index (χ0n) is 11.3. The van der Waals surface area contributed by atoms with Crippen LogP contribution in [0.2, 0.25) is 0 Å². The summed E-state index contributed by atoms with van der Waals surface area (Å²) >= 11 is 0. The molecule has 0 amide bonds. The Labute approximate surface area is 124 Å². The number of ether oxygens (including phenoxy) is 2. The maximum Gasteiger partial charge on any atom is 0.231 e. The predicted molar refractivity (Wildman–Crippen MR) is 81.3 cm³/mol. The molecule has 0 aliphatic carbocycles. The SMILES string of the molecule is O=c1c2ccc3c(c2oc2c#cc4ccccc4c12)OCO3. The van der Waals surface area contributed by atoms with Crippen LogP contribution in [-0.4, -0.2) is 6.79 Å². The Morgan fingerprint density at radius 1 is 0.955 bits per heavy atom. The molecule has 0 N–H and O–H groups in total. The van der Waals surface area contributed by atoms with Crippen molar-refractivity contribution in [2.45, 2.75) is 0 Å². The van der Waals surface area contributed by atoms with Crippen molar-refractivity contribution in [3.05, 3.63) is 58.8 Å². The van der Waals surface area contributed by atoms with Crippen molar-refractivity contribution >= 4 is 32.7 Å². The fourth-order valence-corrected chi connectivity index (χ4v) is 2.88. The molecular formula is C18H8O4. The predicted octanol–water partition coefficient (Wildman–Crippen LogP) is 3.43. The van der Waals surface area contributed by atoms with Gasteiger partial charge in [-0.1, -0.05) is 24.3 Å². The van der Waals surface area contributed by atoms with Gasteiger partial charge in [0.1, 0.15) is 0 Å². The molecule has 0 radical (unpaired) electrons. The summed E-state index contributed by atoms with van der Waals surface area (Å²) in [6, 6.07) is 17.0. The fraction of sp³-hybridized carbons (Fsp3) is 0.0556. The second kappa shape index (κ2) is 3.92. The van der Waals surface area contributed by atoms with E-state index in [1.165, 1.54) is 0 Å². The number of rotatable bonds is 0. The summed E-state index contributed by atoms with van der Waals surface area (Å²) in [6.07, 6.45) is 0. The van der Waals surface area contributed by atoms with Crippen LogP contribution < -0.4 is 14.9 Å². The Bertz CT molecular complexity index is 1120. The molecular weight excluding hydrogens is 280 g/mol. The van der Waals surface area contributed by atoms with Gasteiger partial charge in [0.2, 0.25) is 18.0 Å². The summed E-state index contributed by atoms with van der Waals surface area (Å²) in [5.41, 5.74) is 0.670. The third-order valence-electron chi connectivity index (χ3n) is 3.90. The summed E-state index contributed by atoms with van der Waals surface area (Å²) in [5.74, 6) is 1.05. The molecule has 2 heterocycles. The van der Waals surface area contributed by atoms with Gasteiger partial charge in [0.05, 0.1) is 10.8 Å². The van der Waals surface area contributed by atoms with Crippen LogP contribution in [0.3, 0.4) is 0 Å². The lowest BCUT2D eigenvalue weighted by molar-refractivity contribution is 0.174. The van der Waals surface area contributed by atoms with E-state index in [-0.39, 0.29) is 12.2 Å². The lowest BCUT2D eigenvalue weighted by Gasteiger charge is -2.04. The molecule has 1 aliphatic heterocycles. The third-order valence-corrected chi connectivity index (χ3v) is 3.90. The minimum absolute atomic E-state index is 0.101. The molecule has 0 unspecified atom stereocenters. The Morgan fingerprint density at radius 3 is 2.82 bits per heavy atom. The van der Waals surface area contributed by atoms with Crippen molar-refractivity contribution in [1.29, 1.82) is 0 Å². The van der Waals surface area contributed by atoms with Crippen LogP contribution >= 0.6 is 0 Å². The number of hydrogen-bond donors (Lipinski definition) is 0. The van der Waals surface area contributed by atoms with Gasteiger partial charge < -0.3 is 13.9 Å². The largest absolute Gasteiger partial charge is 0.453 e. The second-order valence-electron chi connectivity index (χ2n) is 5.11. The fourth-order valence-electron chi connectivity index (χ4n) is 2.88. The number of benzene rings is 2. The lowest BCUT2D eigenvalue weighted by atomic mass is 10.1. The van der Waals surface area contributed by atoms with Crippen LogP contribution in [0, 0.1) is 12.1 Å². The molecule has 0 atom stereocenters. The van der Waals surface area contributed by atoms with E-state index < -0.39 is 0 Å². The average molecular weight is 288 g/mol. The summed E-state index contributed by atoms with van der Waals surface area (Å²) < 4.78 is 16.6. The van der Waals surface area contributed by atoms with Crippen LogP contribution in [-0.2, 0) is 0 Å². The minimum atomic E-state index is -0.101. The van der Waals surface area contributed by atoms with Gasteiger partial charge >= 0.3 is 0 Å². The second-order valence-corrected chi connectivity index (χ2v) is 5.11. The van der Waals surface area contributed by atoms with Gasteiger partial charge in [-0.25, -0.2) is 0 Å². The van der Waals surface area contributed by atoms with Gasteiger partial charge in [-0.2, -0.15) is 0 Å². The van der Waals surface area contributed by atoms with Crippen molar-refractivity contribution < 1.29 is 13.9 Å². The molecule has 0 saturated heterocycles. The first kappa shape index (κ1) is 11.5. The molecule has 4 heteroatoms. The van der Waals surface area contributed by atoms with Crippen molar-refractivity contribution in [3.8, 4) is 11.5 Å². The molecule has 0 spiro atoms. The van der Waals surface area contributed by atoms with Crippen LogP contribution in [0.5, 0.6) is 11.5 Å². The molecule has 0 saturated carbocycles. The average Bonchev–Trinajstić information content (AvgIpc) is 3.03. The lowest BCUT2D eigenvalue weighted by Crippen LogP contribution is -2.02. The van der Waals surface area contributed by atoms with Gasteiger partial charge in [0, 0.05) is 10.8 Å². The summed E-state index contributed by atoms with van der Waals surface area (Å²) in [6.45, 7) is 0.129. The molecule has 1 aromatic heterocycles. The smallest absolute Gasteiger partial charge is 0.231 e. The van der Waals surface area contributed by atoms with E-state index in [4.69, 9.17) is 13.9 Å². The highest BCUT2D eigenvalue weighted by Crippen LogP contribution is 2.39. The van der Waals surface area contributed by atoms with Gasteiger partial charge in [0.15, 0.2) is 16.9 Å². The standard InChI is InChI=1S/C18H8O4/c19-16-12-6-8-14-18(21-9-20-14)17(12)22-13-7-5-10-3-1-2-4-11(10)15(13)16/h1-4,6,8H,9H2. The minimum Gasteiger partial charge on any atom is -0.453 e. The third kappa shape index (κ3) is 1.35. The normalized spacial score (nSPS) is 12.9. The van der Waals surface area contributed by atoms with Crippen molar-refractivity contribution in [2.24, 2.45) is 0 Å². The molecule has 4 aromatic rings. The van der Waals surface area contributed by atoms with Crippen molar-refractivity contribution in [3.63, 3.8) is 0 Å². The summed E-state index contributed by atoms with van der Waals surface area (Å²) in [5, 5.41) is 2.63. The van der Waals surface area contributed by atoms with Crippen molar-refractivity contribution in [1.82, 2.24) is 0 Å². The molecule has 22 heavy (non-hydrogen) atoms. The van der Waals surface area contributed by atoms with E-state index >= 15 is 0 Å². The Hall–Kier alpha value is -3.19. The Kier molecular flexibility index (Phi) is 2.05. The van der Waals surface area contributed by atoms with Gasteiger partial charge in [-0.3, -0.25) is 4.79 Å². The molecule has 3 aromatic carbocycles. The van der Waals surface area contributed by atoms with Crippen LogP contribution in [0.1, 0.15) is 0 Å². The molecule has 104 valence electrons. The highest BCUT2D eigenvalue weighted by atomic mass is 16.7. The first-order valence-electron chi connectivity index (χ1n) is 6.84. The van der Waals surface area contributed by atoms with Gasteiger partial charge in [-0.05, 0) is 24.3 Å². The molecule has 5 rings (SSSR count). The topological polar surface area (TPSA) is 48.7 Å². The van der Waals surface area contributed by atoms with E-state index in [0.29, 0.717) is 33.4 Å². The maximum atomic E-state index is 12.9. The first-order valence-corrected chi connectivity index (χ1v) is 6.84. The van der Waals surface area contributed by atoms with Crippen LogP contribution in [0.25, 0.3) is 32.7 Å².